The minimum absolute atomic E-state index is 0.0326. The average molecular weight is 407 g/mol. The molecule has 1 amide bonds. The van der Waals surface area contributed by atoms with Gasteiger partial charge in [-0.25, -0.2) is 0 Å². The van der Waals surface area contributed by atoms with Crippen LogP contribution < -0.4 is 4.74 Å². The maximum atomic E-state index is 12.8. The normalized spacial score (nSPS) is 16.4. The number of hydrogen-bond acceptors (Lipinski definition) is 6. The van der Waals surface area contributed by atoms with E-state index in [2.05, 4.69) is 10.1 Å². The highest BCUT2D eigenvalue weighted by Gasteiger charge is 2.32. The summed E-state index contributed by atoms with van der Waals surface area (Å²) in [5, 5.41) is 4.12. The molecule has 1 unspecified atom stereocenters. The van der Waals surface area contributed by atoms with Crippen molar-refractivity contribution in [3.63, 3.8) is 0 Å². The quantitative estimate of drug-likeness (QED) is 0.589. The van der Waals surface area contributed by atoms with Crippen LogP contribution in [0.4, 0.5) is 0 Å². The second kappa shape index (κ2) is 9.54. The van der Waals surface area contributed by atoms with Gasteiger partial charge in [-0.1, -0.05) is 35.5 Å². The van der Waals surface area contributed by atoms with Gasteiger partial charge in [-0.2, -0.15) is 4.98 Å². The summed E-state index contributed by atoms with van der Waals surface area (Å²) in [7, 11) is 1.62. The molecule has 30 heavy (non-hydrogen) atoms. The molecule has 1 aliphatic heterocycles. The number of piperidine rings is 1. The van der Waals surface area contributed by atoms with Gasteiger partial charge in [0, 0.05) is 12.1 Å². The topological polar surface area (TPSA) is 77.7 Å². The minimum Gasteiger partial charge on any atom is -0.497 e. The van der Waals surface area contributed by atoms with Crippen molar-refractivity contribution in [1.29, 1.82) is 0 Å². The lowest BCUT2D eigenvalue weighted by Crippen LogP contribution is -2.40. The first kappa shape index (κ1) is 20.1. The molecule has 1 aromatic heterocycles. The Hall–Kier alpha value is -3.19. The summed E-state index contributed by atoms with van der Waals surface area (Å²) in [6.07, 6.45) is 2.77. The third kappa shape index (κ3) is 4.68. The molecular formula is C23H25N3O4. The number of amides is 1. The van der Waals surface area contributed by atoms with E-state index in [0.717, 1.165) is 36.1 Å². The Labute approximate surface area is 175 Å². The van der Waals surface area contributed by atoms with Crippen molar-refractivity contribution in [3.05, 3.63) is 66.1 Å². The Kier molecular flexibility index (Phi) is 6.39. The van der Waals surface area contributed by atoms with E-state index in [1.165, 1.54) is 0 Å². The van der Waals surface area contributed by atoms with Crippen LogP contribution in [0.25, 0.3) is 11.4 Å². The standard InChI is InChI=1S/C23H25N3O4/c1-28-19-12-10-18(11-13-19)22-24-23(30-25-22)20-9-5-6-14-26(20)21(27)16-29-15-17-7-3-2-4-8-17/h2-4,7-8,10-13,20H,5-6,9,14-16H2,1H3. The van der Waals surface area contributed by atoms with E-state index >= 15 is 0 Å². The van der Waals surface area contributed by atoms with Crippen molar-refractivity contribution >= 4 is 5.91 Å². The third-order valence-corrected chi connectivity index (χ3v) is 5.24. The first-order valence-electron chi connectivity index (χ1n) is 10.1. The highest BCUT2D eigenvalue weighted by Crippen LogP contribution is 2.31. The summed E-state index contributed by atoms with van der Waals surface area (Å²) in [5.74, 6) is 1.68. The van der Waals surface area contributed by atoms with Crippen LogP contribution >= 0.6 is 0 Å². The van der Waals surface area contributed by atoms with Crippen LogP contribution in [0, 0.1) is 0 Å². The van der Waals surface area contributed by atoms with Crippen LogP contribution in [0.1, 0.15) is 36.8 Å². The fraction of sp³-hybridized carbons (Fsp3) is 0.348. The Morgan fingerprint density at radius 1 is 1.13 bits per heavy atom. The molecule has 1 atom stereocenters. The predicted octanol–water partition coefficient (Wildman–Crippen LogP) is 4.02. The molecule has 2 aromatic carbocycles. The minimum atomic E-state index is -0.217. The molecule has 0 saturated carbocycles. The molecule has 1 fully saturated rings. The molecule has 1 aliphatic rings. The lowest BCUT2D eigenvalue weighted by molar-refractivity contribution is -0.141. The maximum Gasteiger partial charge on any atom is 0.249 e. The van der Waals surface area contributed by atoms with Crippen molar-refractivity contribution in [3.8, 4) is 17.1 Å². The fourth-order valence-electron chi connectivity index (χ4n) is 3.63. The fourth-order valence-corrected chi connectivity index (χ4v) is 3.63. The van der Waals surface area contributed by atoms with E-state index in [0.29, 0.717) is 24.9 Å². The van der Waals surface area contributed by atoms with E-state index < -0.39 is 0 Å². The predicted molar refractivity (Wildman–Crippen MR) is 111 cm³/mol. The Balaban J connectivity index is 1.41. The number of benzene rings is 2. The summed E-state index contributed by atoms with van der Waals surface area (Å²) >= 11 is 0. The maximum absolute atomic E-state index is 12.8. The van der Waals surface area contributed by atoms with Gasteiger partial charge < -0.3 is 18.9 Å². The molecule has 1 saturated heterocycles. The van der Waals surface area contributed by atoms with E-state index in [-0.39, 0.29) is 18.6 Å². The van der Waals surface area contributed by atoms with Crippen molar-refractivity contribution in [2.75, 3.05) is 20.3 Å². The molecule has 0 aliphatic carbocycles. The summed E-state index contributed by atoms with van der Waals surface area (Å²) in [4.78, 5) is 19.2. The second-order valence-electron chi connectivity index (χ2n) is 7.26. The van der Waals surface area contributed by atoms with Gasteiger partial charge >= 0.3 is 0 Å². The van der Waals surface area contributed by atoms with Crippen LogP contribution in [-0.2, 0) is 16.1 Å². The number of ether oxygens (including phenoxy) is 2. The van der Waals surface area contributed by atoms with E-state index in [1.54, 1.807) is 12.0 Å². The summed E-state index contributed by atoms with van der Waals surface area (Å²) < 4.78 is 16.4. The molecule has 0 N–H and O–H groups in total. The highest BCUT2D eigenvalue weighted by molar-refractivity contribution is 5.78. The van der Waals surface area contributed by atoms with Gasteiger partial charge in [0.2, 0.25) is 17.6 Å². The smallest absolute Gasteiger partial charge is 0.249 e. The molecular weight excluding hydrogens is 382 g/mol. The second-order valence-corrected chi connectivity index (χ2v) is 7.26. The van der Waals surface area contributed by atoms with Gasteiger partial charge in [0.05, 0.1) is 13.7 Å². The van der Waals surface area contributed by atoms with Gasteiger partial charge in [-0.15, -0.1) is 0 Å². The van der Waals surface area contributed by atoms with Gasteiger partial charge in [-0.3, -0.25) is 4.79 Å². The number of aromatic nitrogens is 2. The van der Waals surface area contributed by atoms with Gasteiger partial charge in [0.15, 0.2) is 0 Å². The monoisotopic (exact) mass is 407 g/mol. The highest BCUT2D eigenvalue weighted by atomic mass is 16.5. The summed E-state index contributed by atoms with van der Waals surface area (Å²) in [6, 6.07) is 17.1. The zero-order chi connectivity index (χ0) is 20.8. The number of nitrogens with zero attached hydrogens (tertiary/aromatic N) is 3. The zero-order valence-electron chi connectivity index (χ0n) is 17.0. The van der Waals surface area contributed by atoms with E-state index in [9.17, 15) is 4.79 Å². The van der Waals surface area contributed by atoms with Crippen molar-refractivity contribution in [1.82, 2.24) is 15.0 Å². The van der Waals surface area contributed by atoms with Crippen molar-refractivity contribution < 1.29 is 18.8 Å². The lowest BCUT2D eigenvalue weighted by Gasteiger charge is -2.33. The van der Waals surface area contributed by atoms with E-state index in [1.807, 2.05) is 54.6 Å². The van der Waals surface area contributed by atoms with Crippen molar-refractivity contribution in [2.24, 2.45) is 0 Å². The van der Waals surface area contributed by atoms with Crippen LogP contribution in [0.5, 0.6) is 5.75 Å². The van der Waals surface area contributed by atoms with Crippen molar-refractivity contribution in [2.45, 2.75) is 31.9 Å². The molecule has 7 heteroatoms. The molecule has 0 spiro atoms. The zero-order valence-corrected chi connectivity index (χ0v) is 17.0. The number of methoxy groups -OCH3 is 1. The Morgan fingerprint density at radius 3 is 2.70 bits per heavy atom. The van der Waals surface area contributed by atoms with Gasteiger partial charge in [0.25, 0.3) is 0 Å². The molecule has 3 aromatic rings. The van der Waals surface area contributed by atoms with Crippen LogP contribution in [-0.4, -0.2) is 41.2 Å². The molecule has 2 heterocycles. The number of carbonyl (C=O) groups is 1. The molecule has 4 rings (SSSR count). The Morgan fingerprint density at radius 2 is 1.93 bits per heavy atom. The lowest BCUT2D eigenvalue weighted by atomic mass is 10.0. The van der Waals surface area contributed by atoms with E-state index in [4.69, 9.17) is 14.0 Å². The third-order valence-electron chi connectivity index (χ3n) is 5.24. The number of hydrogen-bond donors (Lipinski definition) is 0. The molecule has 7 nitrogen and oxygen atoms in total. The first-order valence-corrected chi connectivity index (χ1v) is 10.1. The molecule has 0 radical (unpaired) electrons. The van der Waals surface area contributed by atoms with Crippen LogP contribution in [0.2, 0.25) is 0 Å². The molecule has 156 valence electrons. The van der Waals surface area contributed by atoms with Gasteiger partial charge in [-0.05, 0) is 49.1 Å². The largest absolute Gasteiger partial charge is 0.497 e. The number of carbonyl (C=O) groups excluding carboxylic acids is 1. The first-order chi connectivity index (χ1) is 14.7. The Bertz CT molecular complexity index is 956. The van der Waals surface area contributed by atoms with Crippen LogP contribution in [0.15, 0.2) is 59.1 Å². The summed E-state index contributed by atoms with van der Waals surface area (Å²) in [6.45, 7) is 1.11. The number of likely N-dealkylation sites (tertiary alicyclic amines) is 1. The van der Waals surface area contributed by atoms with Crippen LogP contribution in [0.3, 0.4) is 0 Å². The number of rotatable bonds is 7. The molecule has 0 bridgehead atoms. The van der Waals surface area contributed by atoms with Gasteiger partial charge in [0.1, 0.15) is 18.4 Å². The average Bonchev–Trinajstić information content (AvgIpc) is 3.30. The SMILES string of the molecule is COc1ccc(-c2noc(C3CCCCN3C(=O)COCc3ccccc3)n2)cc1. The summed E-state index contributed by atoms with van der Waals surface area (Å²) in [5.41, 5.74) is 1.88.